The van der Waals surface area contributed by atoms with Crippen LogP contribution in [0.1, 0.15) is 46.0 Å². The van der Waals surface area contributed by atoms with Gasteiger partial charge in [0.05, 0.1) is 0 Å². The van der Waals surface area contributed by atoms with Gasteiger partial charge >= 0.3 is 0 Å². The number of nitrogens with one attached hydrogen (secondary N) is 2. The van der Waals surface area contributed by atoms with Crippen LogP contribution in [0.5, 0.6) is 0 Å². The molecule has 8 heteroatoms. The van der Waals surface area contributed by atoms with Crippen LogP contribution in [0.3, 0.4) is 0 Å². The third kappa shape index (κ3) is 6.15. The lowest BCUT2D eigenvalue weighted by atomic mass is 9.92. The number of para-hydroxylation sites is 1. The van der Waals surface area contributed by atoms with E-state index in [2.05, 4.69) is 75.6 Å². The third-order valence-electron chi connectivity index (χ3n) is 7.53. The van der Waals surface area contributed by atoms with E-state index < -0.39 is 0 Å². The van der Waals surface area contributed by atoms with Crippen LogP contribution in [0.15, 0.2) is 36.4 Å². The predicted molar refractivity (Wildman–Crippen MR) is 150 cm³/mol. The van der Waals surface area contributed by atoms with E-state index in [1.165, 1.54) is 37.8 Å². The molecule has 0 amide bonds. The Bertz CT molecular complexity index is 976. The van der Waals surface area contributed by atoms with Crippen molar-refractivity contribution in [1.29, 1.82) is 0 Å². The highest BCUT2D eigenvalue weighted by Crippen LogP contribution is 2.29. The summed E-state index contributed by atoms with van der Waals surface area (Å²) < 4.78 is 0. The maximum absolute atomic E-state index is 5.64. The summed E-state index contributed by atoms with van der Waals surface area (Å²) in [6.07, 6.45) is 6.19. The van der Waals surface area contributed by atoms with Crippen LogP contribution in [0.2, 0.25) is 0 Å². The average Bonchev–Trinajstić information content (AvgIpc) is 3.37. The van der Waals surface area contributed by atoms with Gasteiger partial charge in [0.15, 0.2) is 5.11 Å². The molecular formula is C27H39N7S. The van der Waals surface area contributed by atoms with Crippen LogP contribution < -0.4 is 25.3 Å². The van der Waals surface area contributed by atoms with Crippen LogP contribution in [0, 0.1) is 11.8 Å². The van der Waals surface area contributed by atoms with Gasteiger partial charge in [-0.05, 0) is 55.4 Å². The number of piperazine rings is 1. The number of piperidine rings is 1. The number of hydrogen-bond acceptors (Lipinski definition) is 6. The number of rotatable bonds is 5. The fraction of sp³-hybridized carbons (Fsp3) is 0.593. The summed E-state index contributed by atoms with van der Waals surface area (Å²) in [4.78, 5) is 17.1. The van der Waals surface area contributed by atoms with Gasteiger partial charge in [0.25, 0.3) is 0 Å². The van der Waals surface area contributed by atoms with Crippen molar-refractivity contribution in [1.82, 2.24) is 15.3 Å². The summed E-state index contributed by atoms with van der Waals surface area (Å²) in [5.41, 5.74) is 1.29. The number of nitrogens with zero attached hydrogens (tertiary/aromatic N) is 5. The molecule has 2 N–H and O–H groups in total. The van der Waals surface area contributed by atoms with E-state index in [-0.39, 0.29) is 0 Å². The Labute approximate surface area is 215 Å². The second-order valence-corrected chi connectivity index (χ2v) is 11.1. The summed E-state index contributed by atoms with van der Waals surface area (Å²) in [6.45, 7) is 10.6. The monoisotopic (exact) mass is 493 g/mol. The van der Waals surface area contributed by atoms with Gasteiger partial charge in [-0.15, -0.1) is 0 Å². The molecule has 2 saturated heterocycles. The van der Waals surface area contributed by atoms with Crippen molar-refractivity contribution in [3.8, 4) is 0 Å². The maximum atomic E-state index is 5.64. The largest absolute Gasteiger partial charge is 0.368 e. The lowest BCUT2D eigenvalue weighted by molar-refractivity contribution is 0.355. The molecule has 0 bridgehead atoms. The Hall–Kier alpha value is -2.61. The molecule has 3 aliphatic rings. The van der Waals surface area contributed by atoms with Gasteiger partial charge in [0, 0.05) is 57.1 Å². The van der Waals surface area contributed by atoms with E-state index in [1.54, 1.807) is 0 Å². The Balaban J connectivity index is 1.33. The molecule has 5 rings (SSSR count). The van der Waals surface area contributed by atoms with Gasteiger partial charge in [0.1, 0.15) is 11.6 Å². The van der Waals surface area contributed by atoms with Gasteiger partial charge < -0.3 is 25.3 Å². The lowest BCUT2D eigenvalue weighted by Crippen LogP contribution is -2.47. The highest BCUT2D eigenvalue weighted by Gasteiger charge is 2.26. The molecular weight excluding hydrogens is 454 g/mol. The number of thiocarbonyl (C=S) groups is 1. The standard InChI is InChI=1S/C27H39N7S/c1-20-16-21(2)19-34(18-20)25-17-24(29-26(30-25)31-27(35)28-22-8-6-7-9-22)33-14-12-32(13-15-33)23-10-4-3-5-11-23/h3-5,10-11,17,20-22H,6-9,12-16,18-19H2,1-2H3,(H2,28,29,30,31,35)/t20-,21-/m1/s1. The lowest BCUT2D eigenvalue weighted by Gasteiger charge is -2.38. The summed E-state index contributed by atoms with van der Waals surface area (Å²) in [7, 11) is 0. The fourth-order valence-corrected chi connectivity index (χ4v) is 6.14. The normalized spacial score (nSPS) is 23.4. The summed E-state index contributed by atoms with van der Waals surface area (Å²) in [5.74, 6) is 3.91. The SMILES string of the molecule is C[C@@H]1C[C@@H](C)CN(c2cc(N3CCN(c4ccccc4)CC3)nc(NC(=S)NC3CCCC3)n2)C1. The average molecular weight is 494 g/mol. The first-order valence-electron chi connectivity index (χ1n) is 13.3. The Morgan fingerprint density at radius 2 is 1.46 bits per heavy atom. The maximum Gasteiger partial charge on any atom is 0.232 e. The summed E-state index contributed by atoms with van der Waals surface area (Å²) >= 11 is 5.64. The van der Waals surface area contributed by atoms with Crippen LogP contribution in [-0.4, -0.2) is 60.4 Å². The second-order valence-electron chi connectivity index (χ2n) is 10.6. The van der Waals surface area contributed by atoms with Crippen molar-refractivity contribution in [2.75, 3.05) is 59.3 Å². The smallest absolute Gasteiger partial charge is 0.232 e. The van der Waals surface area contributed by atoms with Crippen LogP contribution in [0.4, 0.5) is 23.3 Å². The van der Waals surface area contributed by atoms with E-state index in [1.807, 2.05) is 0 Å². The molecule has 3 heterocycles. The summed E-state index contributed by atoms with van der Waals surface area (Å²) in [5, 5.41) is 7.42. The van der Waals surface area contributed by atoms with Crippen LogP contribution in [0.25, 0.3) is 0 Å². The van der Waals surface area contributed by atoms with E-state index in [0.717, 1.165) is 50.9 Å². The minimum Gasteiger partial charge on any atom is -0.368 e. The van der Waals surface area contributed by atoms with Crippen molar-refractivity contribution in [3.63, 3.8) is 0 Å². The van der Waals surface area contributed by atoms with Crippen molar-refractivity contribution in [2.24, 2.45) is 11.8 Å². The molecule has 2 aliphatic heterocycles. The molecule has 1 aromatic heterocycles. The number of hydrogen-bond donors (Lipinski definition) is 2. The van der Waals surface area contributed by atoms with E-state index in [9.17, 15) is 0 Å². The molecule has 0 unspecified atom stereocenters. The zero-order valence-corrected chi connectivity index (χ0v) is 21.9. The molecule has 1 aromatic carbocycles. The van der Waals surface area contributed by atoms with Crippen molar-refractivity contribution in [3.05, 3.63) is 36.4 Å². The molecule has 2 aromatic rings. The molecule has 0 spiro atoms. The number of aromatic nitrogens is 2. The molecule has 7 nitrogen and oxygen atoms in total. The Morgan fingerprint density at radius 3 is 2.11 bits per heavy atom. The zero-order chi connectivity index (χ0) is 24.2. The first-order chi connectivity index (χ1) is 17.0. The predicted octanol–water partition coefficient (Wildman–Crippen LogP) is 4.51. The van der Waals surface area contributed by atoms with Crippen LogP contribution in [-0.2, 0) is 0 Å². The Morgan fingerprint density at radius 1 is 0.857 bits per heavy atom. The van der Waals surface area contributed by atoms with E-state index >= 15 is 0 Å². The first-order valence-corrected chi connectivity index (χ1v) is 13.7. The third-order valence-corrected chi connectivity index (χ3v) is 7.75. The molecule has 3 fully saturated rings. The van der Waals surface area contributed by atoms with Gasteiger partial charge in [-0.3, -0.25) is 0 Å². The van der Waals surface area contributed by atoms with E-state index in [0.29, 0.717) is 28.9 Å². The van der Waals surface area contributed by atoms with Crippen molar-refractivity contribution >= 4 is 40.6 Å². The van der Waals surface area contributed by atoms with Crippen molar-refractivity contribution < 1.29 is 0 Å². The van der Waals surface area contributed by atoms with Gasteiger partial charge in [-0.2, -0.15) is 9.97 Å². The topological polar surface area (TPSA) is 59.6 Å². The number of anilines is 4. The van der Waals surface area contributed by atoms with E-state index in [4.69, 9.17) is 22.2 Å². The molecule has 35 heavy (non-hydrogen) atoms. The van der Waals surface area contributed by atoms with Gasteiger partial charge in [-0.1, -0.05) is 44.9 Å². The first kappa shape index (κ1) is 24.1. The molecule has 0 radical (unpaired) electrons. The highest BCUT2D eigenvalue weighted by molar-refractivity contribution is 7.80. The quantitative estimate of drug-likeness (QED) is 0.590. The molecule has 1 aliphatic carbocycles. The number of benzene rings is 1. The minimum absolute atomic E-state index is 0.465. The fourth-order valence-electron chi connectivity index (χ4n) is 5.88. The van der Waals surface area contributed by atoms with Crippen LogP contribution >= 0.6 is 12.2 Å². The van der Waals surface area contributed by atoms with Gasteiger partial charge in [-0.25, -0.2) is 0 Å². The van der Waals surface area contributed by atoms with Gasteiger partial charge in [0.2, 0.25) is 5.95 Å². The molecule has 188 valence electrons. The Kier molecular flexibility index (Phi) is 7.56. The highest BCUT2D eigenvalue weighted by atomic mass is 32.1. The molecule has 1 saturated carbocycles. The second kappa shape index (κ2) is 11.0. The van der Waals surface area contributed by atoms with Crippen molar-refractivity contribution in [2.45, 2.75) is 52.0 Å². The summed E-state index contributed by atoms with van der Waals surface area (Å²) in [6, 6.07) is 13.3. The molecule has 2 atom stereocenters. The minimum atomic E-state index is 0.465. The zero-order valence-electron chi connectivity index (χ0n) is 21.1.